The molecule has 0 saturated heterocycles. The van der Waals surface area contributed by atoms with Gasteiger partial charge in [-0.05, 0) is 48.9 Å². The molecule has 0 spiro atoms. The number of amides is 1. The summed E-state index contributed by atoms with van der Waals surface area (Å²) < 4.78 is 51.7. The van der Waals surface area contributed by atoms with Gasteiger partial charge in [0.25, 0.3) is 11.7 Å². The zero-order valence-electron chi connectivity index (χ0n) is 15.8. The van der Waals surface area contributed by atoms with E-state index < -0.39 is 21.7 Å². The summed E-state index contributed by atoms with van der Waals surface area (Å²) in [6, 6.07) is 10.5. The van der Waals surface area contributed by atoms with Gasteiger partial charge >= 0.3 is 0 Å². The molecule has 0 aliphatic heterocycles. The molecule has 2 aromatic carbocycles. The van der Waals surface area contributed by atoms with E-state index in [9.17, 15) is 22.0 Å². The van der Waals surface area contributed by atoms with Crippen LogP contribution < -0.4 is 5.32 Å². The summed E-state index contributed by atoms with van der Waals surface area (Å²) >= 11 is 0.400. The van der Waals surface area contributed by atoms with E-state index in [2.05, 4.69) is 5.32 Å². The summed E-state index contributed by atoms with van der Waals surface area (Å²) in [7, 11) is -3.66. The molecule has 2 aromatic rings. The number of benzene rings is 2. The van der Waals surface area contributed by atoms with E-state index in [1.165, 1.54) is 34.6 Å². The molecular weight excluding hydrogens is 406 g/mol. The quantitative estimate of drug-likeness (QED) is 0.625. The van der Waals surface area contributed by atoms with Crippen LogP contribution in [0.1, 0.15) is 29.8 Å². The molecule has 0 atom stereocenters. The van der Waals surface area contributed by atoms with Crippen molar-refractivity contribution in [2.75, 3.05) is 18.4 Å². The minimum absolute atomic E-state index is 0.137. The molecule has 0 heterocycles. The monoisotopic (exact) mass is 428 g/mol. The largest absolute Gasteiger partial charge is 0.322 e. The first-order valence-electron chi connectivity index (χ1n) is 8.66. The average Bonchev–Trinajstić information content (AvgIpc) is 2.64. The maximum atomic E-state index is 12.8. The highest BCUT2D eigenvalue weighted by atomic mass is 32.2. The van der Waals surface area contributed by atoms with E-state index in [1.54, 1.807) is 32.9 Å². The van der Waals surface area contributed by atoms with Gasteiger partial charge < -0.3 is 5.32 Å². The number of anilines is 1. The Morgan fingerprint density at radius 3 is 2.25 bits per heavy atom. The SMILES string of the molecule is CCN(CC)S(=O)(=O)c1cc(NC(=O)c2ccc(SC(F)F)cc2)ccc1C. The highest BCUT2D eigenvalue weighted by Gasteiger charge is 2.24. The Morgan fingerprint density at radius 2 is 1.71 bits per heavy atom. The smallest absolute Gasteiger partial charge is 0.288 e. The van der Waals surface area contributed by atoms with Crippen LogP contribution >= 0.6 is 11.8 Å². The Labute approximate surface area is 168 Å². The fourth-order valence-corrected chi connectivity index (χ4v) is 4.86. The van der Waals surface area contributed by atoms with Crippen molar-refractivity contribution in [2.45, 2.75) is 36.3 Å². The maximum absolute atomic E-state index is 12.8. The number of nitrogens with zero attached hydrogens (tertiary/aromatic N) is 1. The first-order valence-corrected chi connectivity index (χ1v) is 11.0. The van der Waals surface area contributed by atoms with Crippen LogP contribution in [0.2, 0.25) is 0 Å². The lowest BCUT2D eigenvalue weighted by Gasteiger charge is -2.20. The van der Waals surface area contributed by atoms with Gasteiger partial charge in [0, 0.05) is 29.2 Å². The van der Waals surface area contributed by atoms with E-state index in [-0.39, 0.29) is 10.5 Å². The third-order valence-corrected chi connectivity index (χ3v) is 7.03. The molecule has 1 amide bonds. The summed E-state index contributed by atoms with van der Waals surface area (Å²) in [5.41, 5.74) is 1.21. The molecule has 0 saturated carbocycles. The van der Waals surface area contributed by atoms with Crippen LogP contribution in [0.5, 0.6) is 0 Å². The van der Waals surface area contributed by atoms with Gasteiger partial charge in [-0.25, -0.2) is 8.42 Å². The first-order chi connectivity index (χ1) is 13.2. The molecule has 0 unspecified atom stereocenters. The normalized spacial score (nSPS) is 11.8. The van der Waals surface area contributed by atoms with Gasteiger partial charge in [0.15, 0.2) is 0 Å². The number of sulfonamides is 1. The van der Waals surface area contributed by atoms with Crippen molar-refractivity contribution >= 4 is 33.4 Å². The number of rotatable bonds is 8. The second kappa shape index (κ2) is 9.49. The Kier molecular flexibility index (Phi) is 7.56. The summed E-state index contributed by atoms with van der Waals surface area (Å²) in [5, 5.41) is 2.66. The second-order valence-electron chi connectivity index (χ2n) is 5.93. The number of aryl methyl sites for hydroxylation is 1. The van der Waals surface area contributed by atoms with Crippen LogP contribution in [-0.4, -0.2) is 37.5 Å². The van der Waals surface area contributed by atoms with Crippen LogP contribution in [0.25, 0.3) is 0 Å². The van der Waals surface area contributed by atoms with Crippen molar-refractivity contribution in [3.05, 3.63) is 53.6 Å². The lowest BCUT2D eigenvalue weighted by Crippen LogP contribution is -2.31. The molecule has 5 nitrogen and oxygen atoms in total. The second-order valence-corrected chi connectivity index (χ2v) is 8.90. The number of alkyl halides is 2. The predicted molar refractivity (Wildman–Crippen MR) is 108 cm³/mol. The number of thioether (sulfide) groups is 1. The molecule has 0 radical (unpaired) electrons. The number of halogens is 2. The lowest BCUT2D eigenvalue weighted by molar-refractivity contribution is 0.102. The van der Waals surface area contributed by atoms with E-state index >= 15 is 0 Å². The van der Waals surface area contributed by atoms with E-state index in [1.807, 2.05) is 0 Å². The fourth-order valence-electron chi connectivity index (χ4n) is 2.65. The molecule has 2 rings (SSSR count). The zero-order chi connectivity index (χ0) is 20.9. The van der Waals surface area contributed by atoms with E-state index in [0.717, 1.165) is 0 Å². The van der Waals surface area contributed by atoms with Crippen molar-refractivity contribution in [2.24, 2.45) is 0 Å². The topological polar surface area (TPSA) is 66.5 Å². The predicted octanol–water partition coefficient (Wildman–Crippen LogP) is 4.59. The van der Waals surface area contributed by atoms with E-state index in [4.69, 9.17) is 0 Å². The van der Waals surface area contributed by atoms with Crippen LogP contribution in [0.4, 0.5) is 14.5 Å². The van der Waals surface area contributed by atoms with Gasteiger partial charge in [0.05, 0.1) is 4.90 Å². The van der Waals surface area contributed by atoms with E-state index in [0.29, 0.717) is 41.0 Å². The van der Waals surface area contributed by atoms with Gasteiger partial charge in [0.2, 0.25) is 10.0 Å². The molecule has 152 valence electrons. The molecule has 0 aromatic heterocycles. The summed E-state index contributed by atoms with van der Waals surface area (Å²) in [6.07, 6.45) is 0. The van der Waals surface area contributed by atoms with Crippen LogP contribution in [0.15, 0.2) is 52.3 Å². The number of carbonyl (C=O) groups is 1. The first kappa shape index (κ1) is 22.3. The Morgan fingerprint density at radius 1 is 1.11 bits per heavy atom. The minimum Gasteiger partial charge on any atom is -0.322 e. The van der Waals surface area contributed by atoms with Crippen LogP contribution in [0.3, 0.4) is 0 Å². The summed E-state index contributed by atoms with van der Waals surface area (Å²) in [6.45, 7) is 5.91. The standard InChI is InChI=1S/C19H22F2N2O3S2/c1-4-23(5-2)28(25,26)17-12-15(9-6-13(17)3)22-18(24)14-7-10-16(11-8-14)27-19(20)21/h6-12,19H,4-5H2,1-3H3,(H,22,24). The maximum Gasteiger partial charge on any atom is 0.288 e. The zero-order valence-corrected chi connectivity index (χ0v) is 17.4. The van der Waals surface area contributed by atoms with Crippen molar-refractivity contribution in [3.63, 3.8) is 0 Å². The number of nitrogens with one attached hydrogen (secondary N) is 1. The molecule has 0 aliphatic carbocycles. The van der Waals surface area contributed by atoms with Gasteiger partial charge in [-0.3, -0.25) is 4.79 Å². The van der Waals surface area contributed by atoms with Crippen LogP contribution in [-0.2, 0) is 10.0 Å². The average molecular weight is 429 g/mol. The third-order valence-electron chi connectivity index (χ3n) is 4.11. The van der Waals surface area contributed by atoms with Gasteiger partial charge in [0.1, 0.15) is 0 Å². The molecule has 0 bridgehead atoms. The van der Waals surface area contributed by atoms with Crippen molar-refractivity contribution < 1.29 is 22.0 Å². The van der Waals surface area contributed by atoms with Gasteiger partial charge in [-0.1, -0.05) is 31.7 Å². The molecular formula is C19H22F2N2O3S2. The Balaban J connectivity index is 2.24. The van der Waals surface area contributed by atoms with Crippen LogP contribution in [0, 0.1) is 6.92 Å². The van der Waals surface area contributed by atoms with Crippen molar-refractivity contribution in [3.8, 4) is 0 Å². The fraction of sp³-hybridized carbons (Fsp3) is 0.316. The van der Waals surface area contributed by atoms with Crippen molar-refractivity contribution in [1.29, 1.82) is 0 Å². The van der Waals surface area contributed by atoms with Gasteiger partial charge in [-0.15, -0.1) is 0 Å². The molecule has 28 heavy (non-hydrogen) atoms. The number of hydrogen-bond acceptors (Lipinski definition) is 4. The number of carbonyl (C=O) groups excluding carboxylic acids is 1. The highest BCUT2D eigenvalue weighted by Crippen LogP contribution is 2.26. The summed E-state index contributed by atoms with van der Waals surface area (Å²) in [4.78, 5) is 12.9. The summed E-state index contributed by atoms with van der Waals surface area (Å²) in [5.74, 6) is -2.98. The number of hydrogen-bond donors (Lipinski definition) is 1. The Bertz CT molecular complexity index is 929. The molecule has 0 fully saturated rings. The lowest BCUT2D eigenvalue weighted by atomic mass is 10.2. The molecule has 9 heteroatoms. The Hall–Kier alpha value is -1.97. The minimum atomic E-state index is -3.66. The van der Waals surface area contributed by atoms with Gasteiger partial charge in [-0.2, -0.15) is 13.1 Å². The molecule has 1 N–H and O–H groups in total. The highest BCUT2D eigenvalue weighted by molar-refractivity contribution is 7.99. The third kappa shape index (κ3) is 5.30. The van der Waals surface area contributed by atoms with Crippen molar-refractivity contribution in [1.82, 2.24) is 4.31 Å². The molecule has 0 aliphatic rings.